The molecule has 0 unspecified atom stereocenters. The molecule has 2 aliphatic rings. The molecular weight excluding hydrogens is 655 g/mol. The number of urea groups is 1. The zero-order valence-corrected chi connectivity index (χ0v) is 25.8. The van der Waals surface area contributed by atoms with E-state index in [1.54, 1.807) is 19.2 Å². The van der Waals surface area contributed by atoms with E-state index in [1.165, 1.54) is 24.3 Å². The number of rotatable bonds is 9. The van der Waals surface area contributed by atoms with E-state index in [1.807, 2.05) is 0 Å². The van der Waals surface area contributed by atoms with Gasteiger partial charge >= 0.3 is 12.2 Å². The fourth-order valence-corrected chi connectivity index (χ4v) is 5.51. The Morgan fingerprint density at radius 1 is 1.10 bits per heavy atom. The summed E-state index contributed by atoms with van der Waals surface area (Å²) in [5, 5.41) is 19.2. The molecule has 0 saturated heterocycles. The molecule has 6 rings (SSSR count). The minimum absolute atomic E-state index is 0.00833. The lowest BCUT2D eigenvalue weighted by Crippen LogP contribution is -2.52. The van der Waals surface area contributed by atoms with Crippen LogP contribution in [0.5, 0.6) is 5.75 Å². The van der Waals surface area contributed by atoms with Crippen LogP contribution in [0.1, 0.15) is 40.0 Å². The van der Waals surface area contributed by atoms with E-state index in [-0.39, 0.29) is 34.3 Å². The largest absolute Gasteiger partial charge is 0.489 e. The second kappa shape index (κ2) is 12.3. The van der Waals surface area contributed by atoms with E-state index < -0.39 is 71.9 Å². The Morgan fingerprint density at radius 2 is 1.82 bits per heavy atom. The molecule has 0 radical (unpaired) electrons. The molecule has 0 spiro atoms. The van der Waals surface area contributed by atoms with Gasteiger partial charge in [0, 0.05) is 34.3 Å². The first kappa shape index (κ1) is 33.5. The maximum absolute atomic E-state index is 14.8. The molecule has 4 amide bonds. The summed E-state index contributed by atoms with van der Waals surface area (Å²) in [4.78, 5) is 46.7. The molecule has 3 heterocycles. The van der Waals surface area contributed by atoms with Gasteiger partial charge in [-0.2, -0.15) is 13.2 Å². The highest BCUT2D eigenvalue weighted by atomic mass is 19.4. The van der Waals surface area contributed by atoms with Crippen LogP contribution in [0.25, 0.3) is 22.2 Å². The number of aliphatic hydroxyl groups is 1. The second-order valence-electron chi connectivity index (χ2n) is 12.1. The van der Waals surface area contributed by atoms with Crippen LogP contribution in [0.3, 0.4) is 0 Å². The van der Waals surface area contributed by atoms with E-state index in [2.05, 4.69) is 25.9 Å². The normalized spacial score (nSPS) is 18.3. The van der Waals surface area contributed by atoms with Gasteiger partial charge < -0.3 is 31.5 Å². The van der Waals surface area contributed by atoms with Crippen molar-refractivity contribution in [3.63, 3.8) is 0 Å². The number of nitrogens with zero attached hydrogens (tertiary/aromatic N) is 2. The van der Waals surface area contributed by atoms with Crippen molar-refractivity contribution in [3.8, 4) is 17.0 Å². The van der Waals surface area contributed by atoms with Crippen molar-refractivity contribution in [1.29, 1.82) is 0 Å². The highest BCUT2D eigenvalue weighted by molar-refractivity contribution is 6.05. The quantitative estimate of drug-likeness (QED) is 0.164. The SMILES string of the molecule is Cc1cnc2c(NC(=O)NC3CC3)cc(C(=O)NC[C@](O)(c3cc4c(c(-c5ccc(F)cc5)n3)OC[C@]4(CF)C(N)=O)C(F)(F)F)cc2c1. The predicted octanol–water partition coefficient (Wildman–Crippen LogP) is 4.29. The van der Waals surface area contributed by atoms with Crippen LogP contribution >= 0.6 is 0 Å². The van der Waals surface area contributed by atoms with Crippen molar-refractivity contribution in [2.75, 3.05) is 25.1 Å². The number of hydrogen-bond donors (Lipinski definition) is 5. The number of nitrogens with two attached hydrogens (primary N) is 1. The molecule has 1 aliphatic heterocycles. The number of benzene rings is 2. The van der Waals surface area contributed by atoms with Crippen LogP contribution in [0, 0.1) is 12.7 Å². The number of halogens is 5. The van der Waals surface area contributed by atoms with E-state index in [0.717, 1.165) is 25.0 Å². The fourth-order valence-electron chi connectivity index (χ4n) is 5.51. The third-order valence-corrected chi connectivity index (χ3v) is 8.51. The van der Waals surface area contributed by atoms with Gasteiger partial charge in [-0.05, 0) is 73.9 Å². The first-order valence-electron chi connectivity index (χ1n) is 15.0. The zero-order valence-electron chi connectivity index (χ0n) is 25.8. The molecule has 2 aromatic heterocycles. The molecule has 2 aromatic carbocycles. The smallest absolute Gasteiger partial charge is 0.424 e. The van der Waals surface area contributed by atoms with Crippen LogP contribution in [0.2, 0.25) is 0 Å². The van der Waals surface area contributed by atoms with Crippen molar-refractivity contribution >= 4 is 34.4 Å². The van der Waals surface area contributed by atoms with Gasteiger partial charge in [0.1, 0.15) is 36.0 Å². The Hall–Kier alpha value is -5.38. The summed E-state index contributed by atoms with van der Waals surface area (Å²) >= 11 is 0. The minimum atomic E-state index is -5.50. The molecule has 4 aromatic rings. The molecular formula is C33H29F5N6O5. The van der Waals surface area contributed by atoms with Crippen molar-refractivity contribution in [1.82, 2.24) is 20.6 Å². The summed E-state index contributed by atoms with van der Waals surface area (Å²) in [6, 6.07) is 8.73. The number of hydrogen-bond acceptors (Lipinski definition) is 7. The van der Waals surface area contributed by atoms with Gasteiger partial charge in [0.05, 0.1) is 23.4 Å². The van der Waals surface area contributed by atoms with Gasteiger partial charge in [0.2, 0.25) is 11.5 Å². The first-order valence-corrected chi connectivity index (χ1v) is 15.0. The predicted molar refractivity (Wildman–Crippen MR) is 166 cm³/mol. The van der Waals surface area contributed by atoms with Crippen molar-refractivity contribution < 1.29 is 46.2 Å². The van der Waals surface area contributed by atoms with Gasteiger partial charge in [-0.15, -0.1) is 0 Å². The number of aryl methyl sites for hydroxylation is 1. The lowest BCUT2D eigenvalue weighted by molar-refractivity contribution is -0.265. The highest BCUT2D eigenvalue weighted by Crippen LogP contribution is 2.48. The van der Waals surface area contributed by atoms with Gasteiger partial charge in [0.15, 0.2) is 0 Å². The lowest BCUT2D eigenvalue weighted by atomic mass is 9.81. The van der Waals surface area contributed by atoms with Gasteiger partial charge in [-0.25, -0.2) is 18.6 Å². The number of ether oxygens (including phenoxy) is 1. The van der Waals surface area contributed by atoms with Gasteiger partial charge in [-0.1, -0.05) is 0 Å². The number of pyridine rings is 2. The first-order chi connectivity index (χ1) is 23.1. The molecule has 16 heteroatoms. The Kier molecular flexibility index (Phi) is 8.38. The standard InChI is InChI=1S/C33H29F5N6O5/c1-16-8-18-9-19(10-23(25(18)40-12-16)43-30(47)42-21-6-7-21)28(45)41-14-32(48,33(36,37)38)24-11-22-27(49-15-31(22,13-34)29(39)46)26(44-24)17-2-4-20(35)5-3-17/h2-5,8-12,21,48H,6-7,13-15H2,1H3,(H2,39,46)(H,41,45)(H2,42,43,47)/t31-,32-/m0/s1. The third-order valence-electron chi connectivity index (χ3n) is 8.51. The van der Waals surface area contributed by atoms with Crippen LogP contribution in [-0.2, 0) is 15.8 Å². The van der Waals surface area contributed by atoms with E-state index in [0.29, 0.717) is 22.5 Å². The summed E-state index contributed by atoms with van der Waals surface area (Å²) in [6.45, 7) is -1.87. The lowest BCUT2D eigenvalue weighted by Gasteiger charge is -2.31. The average Bonchev–Trinajstić information content (AvgIpc) is 3.78. The highest BCUT2D eigenvalue weighted by Gasteiger charge is 2.58. The van der Waals surface area contributed by atoms with Gasteiger partial charge in [-0.3, -0.25) is 14.6 Å². The molecule has 11 nitrogen and oxygen atoms in total. The molecule has 6 N–H and O–H groups in total. The van der Waals surface area contributed by atoms with Crippen molar-refractivity contribution in [3.05, 3.63) is 82.9 Å². The van der Waals surface area contributed by atoms with Crippen LogP contribution in [0.15, 0.2) is 54.7 Å². The molecule has 2 atom stereocenters. The zero-order chi connectivity index (χ0) is 35.3. The van der Waals surface area contributed by atoms with Crippen molar-refractivity contribution in [2.24, 2.45) is 5.73 Å². The number of carbonyl (C=O) groups excluding carboxylic acids is 3. The maximum Gasteiger partial charge on any atom is 0.424 e. The van der Waals surface area contributed by atoms with Gasteiger partial charge in [0.25, 0.3) is 5.91 Å². The average molecular weight is 685 g/mol. The molecule has 1 aliphatic carbocycles. The molecule has 1 saturated carbocycles. The summed E-state index contributed by atoms with van der Waals surface area (Å²) < 4.78 is 78.2. The van der Waals surface area contributed by atoms with E-state index >= 15 is 0 Å². The Balaban J connectivity index is 1.39. The minimum Gasteiger partial charge on any atom is -0.489 e. The molecule has 49 heavy (non-hydrogen) atoms. The van der Waals surface area contributed by atoms with Crippen LogP contribution in [-0.4, -0.2) is 65.0 Å². The maximum atomic E-state index is 14.8. The number of alkyl halides is 4. The monoisotopic (exact) mass is 684 g/mol. The number of anilines is 1. The Morgan fingerprint density at radius 3 is 2.45 bits per heavy atom. The summed E-state index contributed by atoms with van der Waals surface area (Å²) in [7, 11) is 0. The fraction of sp³-hybridized carbons (Fsp3) is 0.303. The number of carbonyl (C=O) groups is 3. The summed E-state index contributed by atoms with van der Waals surface area (Å²) in [6.07, 6.45) is -2.33. The number of aromatic nitrogens is 2. The van der Waals surface area contributed by atoms with Crippen LogP contribution < -0.4 is 26.4 Å². The Bertz CT molecular complexity index is 1990. The number of primary amides is 1. The molecule has 256 valence electrons. The van der Waals surface area contributed by atoms with E-state index in [4.69, 9.17) is 10.5 Å². The van der Waals surface area contributed by atoms with E-state index in [9.17, 15) is 41.4 Å². The number of nitrogens with one attached hydrogen (secondary N) is 3. The number of fused-ring (bicyclic) bond motifs is 2. The van der Waals surface area contributed by atoms with Crippen molar-refractivity contribution in [2.45, 2.75) is 43.0 Å². The second-order valence-corrected chi connectivity index (χ2v) is 12.1. The third kappa shape index (κ3) is 6.19. The topological polar surface area (TPSA) is 169 Å². The summed E-state index contributed by atoms with van der Waals surface area (Å²) in [5.74, 6) is -3.25. The van der Waals surface area contributed by atoms with Crippen LogP contribution in [0.4, 0.5) is 32.4 Å². The molecule has 1 fully saturated rings. The Labute approximate surface area is 275 Å². The summed E-state index contributed by atoms with van der Waals surface area (Å²) in [5.41, 5.74) is -1.51. The molecule has 0 bridgehead atoms. The number of amides is 4.